The summed E-state index contributed by atoms with van der Waals surface area (Å²) in [7, 11) is 0. The molecule has 8 nitrogen and oxygen atoms in total. The van der Waals surface area contributed by atoms with Gasteiger partial charge in [0.25, 0.3) is 0 Å². The number of nitrogens with two attached hydrogens (primary N) is 1. The van der Waals surface area contributed by atoms with Crippen LogP contribution in [0.5, 0.6) is 0 Å². The molecule has 0 aromatic carbocycles. The maximum Gasteiger partial charge on any atom is 0.231 e. The van der Waals surface area contributed by atoms with Crippen molar-refractivity contribution in [2.24, 2.45) is 10.7 Å². The van der Waals surface area contributed by atoms with E-state index in [0.717, 1.165) is 51.5 Å². The fourth-order valence-electron chi connectivity index (χ4n) is 4.06. The third kappa shape index (κ3) is 6.21. The normalized spacial score (nSPS) is 29.9. The number of nitrogens with one attached hydrogen (secondary N) is 2. The number of aliphatic imine (C=N–C) groups is 1. The lowest BCUT2D eigenvalue weighted by atomic mass is 10.1. The van der Waals surface area contributed by atoms with Gasteiger partial charge in [0.2, 0.25) is 5.91 Å². The minimum absolute atomic E-state index is 0. The van der Waals surface area contributed by atoms with Crippen molar-refractivity contribution in [3.05, 3.63) is 0 Å². The van der Waals surface area contributed by atoms with Crippen molar-refractivity contribution in [3.63, 3.8) is 0 Å². The van der Waals surface area contributed by atoms with Gasteiger partial charge >= 0.3 is 0 Å². The largest absolute Gasteiger partial charge is 0.369 e. The molecule has 0 spiro atoms. The second kappa shape index (κ2) is 10.6. The topological polar surface area (TPSA) is 89.2 Å². The van der Waals surface area contributed by atoms with Crippen LogP contribution in [0.3, 0.4) is 0 Å². The summed E-state index contributed by atoms with van der Waals surface area (Å²) in [6.07, 6.45) is 2.03. The smallest absolute Gasteiger partial charge is 0.231 e. The van der Waals surface area contributed by atoms with Crippen LogP contribution in [0.1, 0.15) is 19.8 Å². The first kappa shape index (κ1) is 21.6. The highest BCUT2D eigenvalue weighted by Crippen LogP contribution is 2.15. The van der Waals surface area contributed by atoms with E-state index in [2.05, 4.69) is 32.3 Å². The lowest BCUT2D eigenvalue weighted by Crippen LogP contribution is -2.62. The fourth-order valence-corrected chi connectivity index (χ4v) is 4.06. The fraction of sp³-hybridized carbons (Fsp3) is 0.882. The van der Waals surface area contributed by atoms with Crippen LogP contribution in [0.25, 0.3) is 0 Å². The first-order chi connectivity index (χ1) is 12.1. The van der Waals surface area contributed by atoms with Gasteiger partial charge in [-0.05, 0) is 19.8 Å². The van der Waals surface area contributed by atoms with Crippen LogP contribution < -0.4 is 16.4 Å². The maximum atomic E-state index is 11.0. The van der Waals surface area contributed by atoms with Crippen molar-refractivity contribution < 1.29 is 4.79 Å². The quantitative estimate of drug-likeness (QED) is 0.260. The molecule has 0 aromatic heterocycles. The van der Waals surface area contributed by atoms with E-state index in [-0.39, 0.29) is 29.9 Å². The van der Waals surface area contributed by atoms with Gasteiger partial charge in [0.1, 0.15) is 0 Å². The number of amides is 1. The summed E-state index contributed by atoms with van der Waals surface area (Å²) in [5, 5.41) is 6.95. The number of hydrogen-bond acceptors (Lipinski definition) is 5. The van der Waals surface area contributed by atoms with Crippen molar-refractivity contribution in [2.75, 3.05) is 65.4 Å². The number of rotatable bonds is 6. The number of fused-ring (bicyclic) bond motifs is 3. The van der Waals surface area contributed by atoms with Crippen LogP contribution in [-0.4, -0.2) is 104 Å². The average Bonchev–Trinajstić information content (AvgIpc) is 2.62. The summed E-state index contributed by atoms with van der Waals surface area (Å²) in [4.78, 5) is 23.1. The van der Waals surface area contributed by atoms with Gasteiger partial charge < -0.3 is 16.4 Å². The van der Waals surface area contributed by atoms with Gasteiger partial charge in [0.05, 0.1) is 13.1 Å². The van der Waals surface area contributed by atoms with Gasteiger partial charge in [0.15, 0.2) is 5.96 Å². The molecule has 26 heavy (non-hydrogen) atoms. The molecule has 1 atom stereocenters. The van der Waals surface area contributed by atoms with Crippen molar-refractivity contribution in [1.29, 1.82) is 0 Å². The minimum Gasteiger partial charge on any atom is -0.369 e. The van der Waals surface area contributed by atoms with Gasteiger partial charge in [-0.1, -0.05) is 0 Å². The second-order valence-corrected chi connectivity index (χ2v) is 7.37. The molecule has 1 unspecified atom stereocenters. The Hall–Kier alpha value is -0.650. The molecule has 4 heterocycles. The number of nitrogens with zero attached hydrogens (tertiary/aromatic N) is 4. The van der Waals surface area contributed by atoms with E-state index in [0.29, 0.717) is 18.6 Å². The van der Waals surface area contributed by atoms with Crippen molar-refractivity contribution in [3.8, 4) is 0 Å². The molecule has 0 aromatic rings. The molecule has 0 saturated carbocycles. The van der Waals surface area contributed by atoms with Crippen LogP contribution >= 0.6 is 24.0 Å². The van der Waals surface area contributed by atoms with E-state index in [9.17, 15) is 4.79 Å². The molecule has 2 bridgehead atoms. The molecule has 0 radical (unpaired) electrons. The summed E-state index contributed by atoms with van der Waals surface area (Å²) in [6.45, 7) is 11.9. The van der Waals surface area contributed by atoms with Crippen molar-refractivity contribution >= 4 is 35.8 Å². The predicted molar refractivity (Wildman–Crippen MR) is 115 cm³/mol. The van der Waals surface area contributed by atoms with Crippen LogP contribution in [-0.2, 0) is 4.79 Å². The van der Waals surface area contributed by atoms with Crippen LogP contribution in [0.15, 0.2) is 4.99 Å². The molecule has 1 amide bonds. The molecule has 4 N–H and O–H groups in total. The molecule has 0 aliphatic carbocycles. The molecule has 4 rings (SSSR count). The Balaban J connectivity index is 0.00000243. The maximum absolute atomic E-state index is 11.0. The Morgan fingerprint density at radius 1 is 1.15 bits per heavy atom. The van der Waals surface area contributed by atoms with E-state index >= 15 is 0 Å². The first-order valence-electron chi connectivity index (χ1n) is 9.66. The van der Waals surface area contributed by atoms with E-state index < -0.39 is 0 Å². The third-order valence-electron chi connectivity index (χ3n) is 5.50. The van der Waals surface area contributed by atoms with E-state index in [4.69, 9.17) is 10.7 Å². The molecule has 4 fully saturated rings. The van der Waals surface area contributed by atoms with Crippen LogP contribution in [0.2, 0.25) is 0 Å². The van der Waals surface area contributed by atoms with E-state index in [1.807, 2.05) is 0 Å². The number of piperazine rings is 3. The number of likely N-dealkylation sites (tertiary alicyclic amines) is 1. The number of primary amides is 1. The van der Waals surface area contributed by atoms with E-state index in [1.54, 1.807) is 0 Å². The first-order valence-corrected chi connectivity index (χ1v) is 9.66. The number of halogens is 1. The Morgan fingerprint density at radius 3 is 2.38 bits per heavy atom. The van der Waals surface area contributed by atoms with Crippen LogP contribution in [0.4, 0.5) is 0 Å². The Bertz CT molecular complexity index is 474. The van der Waals surface area contributed by atoms with Gasteiger partial charge in [0, 0.05) is 64.4 Å². The Labute approximate surface area is 173 Å². The molecule has 4 aliphatic rings. The average molecular weight is 479 g/mol. The Kier molecular flexibility index (Phi) is 8.85. The summed E-state index contributed by atoms with van der Waals surface area (Å²) in [5.74, 6) is 0.683. The highest BCUT2D eigenvalue weighted by atomic mass is 127. The predicted octanol–water partition coefficient (Wildman–Crippen LogP) is -0.891. The molecule has 9 heteroatoms. The van der Waals surface area contributed by atoms with Gasteiger partial charge in [-0.25, -0.2) is 0 Å². The molecule has 4 aliphatic heterocycles. The number of carbonyl (C=O) groups is 1. The Morgan fingerprint density at radius 2 is 1.85 bits per heavy atom. The van der Waals surface area contributed by atoms with Gasteiger partial charge in [-0.3, -0.25) is 24.5 Å². The number of hydrogen-bond donors (Lipinski definition) is 3. The van der Waals surface area contributed by atoms with E-state index in [1.165, 1.54) is 26.2 Å². The molecular formula is C17H34IN7O. The number of piperidine rings is 1. The summed E-state index contributed by atoms with van der Waals surface area (Å²) in [6, 6.07) is 0.962. The highest BCUT2D eigenvalue weighted by molar-refractivity contribution is 14.0. The minimum atomic E-state index is -0.242. The standard InChI is InChI=1S/C17H33N7O.HI/c1-2-19-17(20-11-15-12-23-7-9-24(15)10-8-23)21-14-3-5-22(6-4-14)13-16(18)25;/h14-15H,2-13H2,1H3,(H2,18,25)(H2,19,20,21);1H. The summed E-state index contributed by atoms with van der Waals surface area (Å²) < 4.78 is 0. The molecule has 4 saturated heterocycles. The zero-order valence-corrected chi connectivity index (χ0v) is 18.2. The lowest BCUT2D eigenvalue weighted by Gasteiger charge is -2.47. The second-order valence-electron chi connectivity index (χ2n) is 7.37. The van der Waals surface area contributed by atoms with Crippen molar-refractivity contribution in [2.45, 2.75) is 31.8 Å². The summed E-state index contributed by atoms with van der Waals surface area (Å²) in [5.41, 5.74) is 5.28. The van der Waals surface area contributed by atoms with Crippen molar-refractivity contribution in [1.82, 2.24) is 25.3 Å². The van der Waals surface area contributed by atoms with Gasteiger partial charge in [-0.15, -0.1) is 24.0 Å². The summed E-state index contributed by atoms with van der Waals surface area (Å²) >= 11 is 0. The van der Waals surface area contributed by atoms with Gasteiger partial charge in [-0.2, -0.15) is 0 Å². The highest BCUT2D eigenvalue weighted by Gasteiger charge is 2.31. The monoisotopic (exact) mass is 479 g/mol. The third-order valence-corrected chi connectivity index (χ3v) is 5.50. The zero-order chi connectivity index (χ0) is 17.6. The SMILES string of the molecule is CCNC(=NCC1CN2CCN1CC2)NC1CCN(CC(N)=O)CC1.I. The number of guanidine groups is 1. The molecule has 150 valence electrons. The van der Waals surface area contributed by atoms with Crippen LogP contribution in [0, 0.1) is 0 Å². The lowest BCUT2D eigenvalue weighted by molar-refractivity contribution is -0.119. The zero-order valence-electron chi connectivity index (χ0n) is 15.8. The molecular weight excluding hydrogens is 445 g/mol. The number of carbonyl (C=O) groups excluding carboxylic acids is 1.